The smallest absolute Gasteiger partial charge is 0.264 e. The first-order valence-corrected chi connectivity index (χ1v) is 9.22. The van der Waals surface area contributed by atoms with Crippen LogP contribution in [0.3, 0.4) is 0 Å². The maximum absolute atomic E-state index is 13.1. The summed E-state index contributed by atoms with van der Waals surface area (Å²) in [4.78, 5) is 27.8. The average Bonchev–Trinajstić information content (AvgIpc) is 3.26. The van der Waals surface area contributed by atoms with Crippen LogP contribution in [0, 0.1) is 0 Å². The Balaban J connectivity index is 1.70. The maximum atomic E-state index is 13.1. The van der Waals surface area contributed by atoms with Crippen LogP contribution < -0.4 is 4.90 Å². The molecule has 2 heterocycles. The third kappa shape index (κ3) is 2.75. The van der Waals surface area contributed by atoms with Gasteiger partial charge in [-0.25, -0.2) is 0 Å². The molecule has 5 heteroatoms. The van der Waals surface area contributed by atoms with Crippen molar-refractivity contribution in [2.45, 2.75) is 18.6 Å². The second-order valence-corrected chi connectivity index (χ2v) is 7.28. The zero-order valence-electron chi connectivity index (χ0n) is 14.0. The van der Waals surface area contributed by atoms with Gasteiger partial charge in [0.25, 0.3) is 5.91 Å². The Kier molecular flexibility index (Phi) is 4.18. The number of nitrogens with zero attached hydrogens (tertiary/aromatic N) is 1. The van der Waals surface area contributed by atoms with Gasteiger partial charge in [-0.15, -0.1) is 11.3 Å². The third-order valence-electron chi connectivity index (χ3n) is 4.64. The molecule has 4 rings (SSSR count). The molecule has 1 aliphatic rings. The van der Waals surface area contributed by atoms with Crippen LogP contribution >= 0.6 is 11.3 Å². The number of thiophene rings is 1. The molecule has 0 unspecified atom stereocenters. The minimum Gasteiger partial charge on any atom is -0.375 e. The first-order chi connectivity index (χ1) is 12.6. The van der Waals surface area contributed by atoms with Crippen LogP contribution in [-0.2, 0) is 16.9 Å². The van der Waals surface area contributed by atoms with E-state index in [4.69, 9.17) is 0 Å². The molecule has 0 radical (unpaired) electrons. The highest BCUT2D eigenvalue weighted by Gasteiger charge is 2.50. The summed E-state index contributed by atoms with van der Waals surface area (Å²) in [6.45, 7) is 0.353. The molecule has 1 aromatic heterocycles. The van der Waals surface area contributed by atoms with Crippen LogP contribution in [0.15, 0.2) is 72.1 Å². The quantitative estimate of drug-likeness (QED) is 0.702. The van der Waals surface area contributed by atoms with E-state index in [0.29, 0.717) is 22.7 Å². The summed E-state index contributed by atoms with van der Waals surface area (Å²) in [6.07, 6.45) is -0.255. The van der Waals surface area contributed by atoms with Crippen LogP contribution in [0.2, 0.25) is 0 Å². The summed E-state index contributed by atoms with van der Waals surface area (Å²) in [5.41, 5.74) is 0.282. The normalized spacial score (nSPS) is 18.8. The molecule has 0 saturated carbocycles. The van der Waals surface area contributed by atoms with E-state index >= 15 is 0 Å². The van der Waals surface area contributed by atoms with E-state index in [-0.39, 0.29) is 12.2 Å². The molecule has 1 amide bonds. The fourth-order valence-electron chi connectivity index (χ4n) is 3.36. The minimum atomic E-state index is -1.83. The van der Waals surface area contributed by atoms with Crippen LogP contribution in [0.5, 0.6) is 0 Å². The highest BCUT2D eigenvalue weighted by atomic mass is 32.1. The van der Waals surface area contributed by atoms with Crippen LogP contribution in [0.4, 0.5) is 5.69 Å². The number of amides is 1. The molecule has 3 aromatic rings. The van der Waals surface area contributed by atoms with Crippen molar-refractivity contribution in [2.75, 3.05) is 4.90 Å². The number of para-hydroxylation sites is 1. The van der Waals surface area contributed by atoms with Gasteiger partial charge in [0.15, 0.2) is 11.4 Å². The summed E-state index contributed by atoms with van der Waals surface area (Å²) >= 11 is 1.31. The van der Waals surface area contributed by atoms with Crippen LogP contribution in [-0.4, -0.2) is 16.8 Å². The molecule has 0 fully saturated rings. The van der Waals surface area contributed by atoms with Crippen molar-refractivity contribution in [3.05, 3.63) is 88.1 Å². The van der Waals surface area contributed by atoms with Gasteiger partial charge in [0.1, 0.15) is 0 Å². The molecule has 0 saturated heterocycles. The largest absolute Gasteiger partial charge is 0.375 e. The van der Waals surface area contributed by atoms with E-state index in [1.54, 1.807) is 29.2 Å². The average molecular weight is 363 g/mol. The Labute approximate surface area is 155 Å². The number of rotatable bonds is 5. The summed E-state index contributed by atoms with van der Waals surface area (Å²) < 4.78 is 0. The lowest BCUT2D eigenvalue weighted by Crippen LogP contribution is -2.41. The molecular weight excluding hydrogens is 346 g/mol. The molecule has 0 bridgehead atoms. The van der Waals surface area contributed by atoms with Gasteiger partial charge in [-0.1, -0.05) is 54.6 Å². The molecule has 0 aliphatic carbocycles. The number of aliphatic hydroxyl groups is 1. The van der Waals surface area contributed by atoms with Gasteiger partial charge in [0, 0.05) is 5.56 Å². The Bertz CT molecular complexity index is 952. The third-order valence-corrected chi connectivity index (χ3v) is 5.55. The number of Topliss-reactive ketones (excluding diaryl/α,β-unsaturated/α-hetero) is 1. The lowest BCUT2D eigenvalue weighted by molar-refractivity contribution is -0.136. The standard InChI is InChI=1S/C21H17NO3S/c23-18(19-11-6-12-26-19)13-21(25)16-9-4-5-10-17(16)22(20(21)24)14-15-7-2-1-3-8-15/h1-12,25H,13-14H2/t21-/m1/s1. The second kappa shape index (κ2) is 6.52. The van der Waals surface area contributed by atoms with E-state index in [9.17, 15) is 14.7 Å². The fraction of sp³-hybridized carbons (Fsp3) is 0.143. The van der Waals surface area contributed by atoms with Crippen molar-refractivity contribution in [3.63, 3.8) is 0 Å². The molecule has 1 N–H and O–H groups in total. The SMILES string of the molecule is O=C(C[C@]1(O)C(=O)N(Cc2ccccc2)c2ccccc21)c1cccs1. The first-order valence-electron chi connectivity index (χ1n) is 8.34. The Morgan fingerprint density at radius 2 is 1.73 bits per heavy atom. The number of carbonyl (C=O) groups excluding carboxylic acids is 2. The van der Waals surface area contributed by atoms with E-state index < -0.39 is 11.5 Å². The molecular formula is C21H17NO3S. The van der Waals surface area contributed by atoms with E-state index in [1.807, 2.05) is 47.8 Å². The van der Waals surface area contributed by atoms with Crippen molar-refractivity contribution in [1.29, 1.82) is 0 Å². The van der Waals surface area contributed by atoms with Crippen molar-refractivity contribution in [1.82, 2.24) is 0 Å². The van der Waals surface area contributed by atoms with E-state index in [2.05, 4.69) is 0 Å². The van der Waals surface area contributed by atoms with Gasteiger partial charge in [-0.05, 0) is 23.1 Å². The minimum absolute atomic E-state index is 0.229. The van der Waals surface area contributed by atoms with E-state index in [0.717, 1.165) is 5.56 Å². The van der Waals surface area contributed by atoms with Crippen LogP contribution in [0.1, 0.15) is 27.2 Å². The van der Waals surface area contributed by atoms with Crippen molar-refractivity contribution in [3.8, 4) is 0 Å². The predicted octanol–water partition coefficient (Wildman–Crippen LogP) is 3.76. The molecule has 26 heavy (non-hydrogen) atoms. The number of ketones is 1. The van der Waals surface area contributed by atoms with Crippen molar-refractivity contribution < 1.29 is 14.7 Å². The monoisotopic (exact) mass is 363 g/mol. The van der Waals surface area contributed by atoms with Gasteiger partial charge in [0.05, 0.1) is 23.5 Å². The Morgan fingerprint density at radius 3 is 2.46 bits per heavy atom. The topological polar surface area (TPSA) is 57.6 Å². The Morgan fingerprint density at radius 1 is 1.00 bits per heavy atom. The first kappa shape index (κ1) is 16.7. The zero-order chi connectivity index (χ0) is 18.1. The molecule has 1 atom stereocenters. The molecule has 0 spiro atoms. The molecule has 1 aliphatic heterocycles. The molecule has 4 nitrogen and oxygen atoms in total. The summed E-state index contributed by atoms with van der Waals surface area (Å²) in [7, 11) is 0. The Hall–Kier alpha value is -2.76. The number of hydrogen-bond donors (Lipinski definition) is 1. The lowest BCUT2D eigenvalue weighted by atomic mass is 9.89. The van der Waals surface area contributed by atoms with E-state index in [1.165, 1.54) is 11.3 Å². The summed E-state index contributed by atoms with van der Waals surface area (Å²) in [5, 5.41) is 13.0. The zero-order valence-corrected chi connectivity index (χ0v) is 14.8. The second-order valence-electron chi connectivity index (χ2n) is 6.33. The van der Waals surface area contributed by atoms with Gasteiger partial charge >= 0.3 is 0 Å². The van der Waals surface area contributed by atoms with Gasteiger partial charge in [0.2, 0.25) is 0 Å². The van der Waals surface area contributed by atoms with Crippen molar-refractivity contribution >= 4 is 28.7 Å². The van der Waals surface area contributed by atoms with Gasteiger partial charge in [-0.3, -0.25) is 9.59 Å². The molecule has 2 aromatic carbocycles. The van der Waals surface area contributed by atoms with Gasteiger partial charge in [-0.2, -0.15) is 0 Å². The number of benzene rings is 2. The number of anilines is 1. The summed E-state index contributed by atoms with van der Waals surface area (Å²) in [5.74, 6) is -0.681. The van der Waals surface area contributed by atoms with Crippen molar-refractivity contribution in [2.24, 2.45) is 0 Å². The number of carbonyl (C=O) groups is 2. The highest BCUT2D eigenvalue weighted by Crippen LogP contribution is 2.43. The predicted molar refractivity (Wildman–Crippen MR) is 101 cm³/mol. The maximum Gasteiger partial charge on any atom is 0.264 e. The summed E-state index contributed by atoms with van der Waals surface area (Å²) in [6, 6.07) is 20.2. The lowest BCUT2D eigenvalue weighted by Gasteiger charge is -2.22. The molecule has 130 valence electrons. The van der Waals surface area contributed by atoms with Gasteiger partial charge < -0.3 is 10.0 Å². The number of hydrogen-bond acceptors (Lipinski definition) is 4. The fourth-order valence-corrected chi connectivity index (χ4v) is 4.02. The van der Waals surface area contributed by atoms with Crippen LogP contribution in [0.25, 0.3) is 0 Å². The number of fused-ring (bicyclic) bond motifs is 1. The highest BCUT2D eigenvalue weighted by molar-refractivity contribution is 7.12.